The van der Waals surface area contributed by atoms with Gasteiger partial charge in [0.15, 0.2) is 0 Å². The molecule has 1 amide bonds. The molecule has 17 heavy (non-hydrogen) atoms. The van der Waals surface area contributed by atoms with Crippen molar-refractivity contribution in [3.8, 4) is 5.75 Å². The summed E-state index contributed by atoms with van der Waals surface area (Å²) in [7, 11) is 0. The van der Waals surface area contributed by atoms with Crippen molar-refractivity contribution in [3.05, 3.63) is 23.8 Å². The Labute approximate surface area is 98.1 Å². The number of phenols is 1. The zero-order chi connectivity index (χ0) is 13.0. The van der Waals surface area contributed by atoms with E-state index in [-0.39, 0.29) is 23.8 Å². The number of rotatable bonds is 4. The summed E-state index contributed by atoms with van der Waals surface area (Å²) in [5.74, 6) is -1.60. The lowest BCUT2D eigenvalue weighted by Gasteiger charge is -2.13. The van der Waals surface area contributed by atoms with Crippen LogP contribution in [-0.2, 0) is 16.0 Å². The minimum absolute atomic E-state index is 0.0271. The number of nitrogens with one attached hydrogen (secondary N) is 1. The number of para-hydroxylation sites is 1. The molecule has 0 saturated carbocycles. The topological polar surface area (TPSA) is 113 Å². The van der Waals surface area contributed by atoms with Gasteiger partial charge in [0.2, 0.25) is 5.91 Å². The number of carboxylic acids is 1. The van der Waals surface area contributed by atoms with Gasteiger partial charge in [0.1, 0.15) is 11.8 Å². The van der Waals surface area contributed by atoms with Crippen molar-refractivity contribution in [2.24, 2.45) is 5.73 Å². The highest BCUT2D eigenvalue weighted by molar-refractivity contribution is 5.91. The van der Waals surface area contributed by atoms with Crippen molar-refractivity contribution in [2.45, 2.75) is 19.4 Å². The summed E-state index contributed by atoms with van der Waals surface area (Å²) in [6, 6.07) is 3.49. The standard InChI is InChI=1S/C11H14N2O4/c1-6(14)13-10-7(3-2-4-9(10)15)5-8(12)11(16)17/h2-4,8,15H,5,12H2,1H3,(H,13,14)(H,16,17). The van der Waals surface area contributed by atoms with Crippen LogP contribution in [0.4, 0.5) is 5.69 Å². The van der Waals surface area contributed by atoms with Crippen LogP contribution in [0.1, 0.15) is 12.5 Å². The number of carboxylic acid groups (broad SMARTS) is 1. The van der Waals surface area contributed by atoms with E-state index in [1.165, 1.54) is 13.0 Å². The molecule has 6 nitrogen and oxygen atoms in total. The monoisotopic (exact) mass is 238 g/mol. The number of benzene rings is 1. The maximum absolute atomic E-state index is 11.0. The van der Waals surface area contributed by atoms with E-state index in [2.05, 4.69) is 5.32 Å². The molecule has 6 heteroatoms. The van der Waals surface area contributed by atoms with Crippen molar-refractivity contribution >= 4 is 17.6 Å². The molecule has 0 aliphatic heterocycles. The Hall–Kier alpha value is -2.08. The fourth-order valence-corrected chi connectivity index (χ4v) is 1.40. The van der Waals surface area contributed by atoms with Gasteiger partial charge in [-0.3, -0.25) is 9.59 Å². The zero-order valence-corrected chi connectivity index (χ0v) is 9.30. The molecule has 5 N–H and O–H groups in total. The number of carbonyl (C=O) groups excluding carboxylic acids is 1. The van der Waals surface area contributed by atoms with E-state index in [4.69, 9.17) is 10.8 Å². The predicted molar refractivity (Wildman–Crippen MR) is 61.7 cm³/mol. The number of aromatic hydroxyl groups is 1. The second-order valence-corrected chi connectivity index (χ2v) is 3.64. The number of carbonyl (C=O) groups is 2. The molecule has 1 atom stereocenters. The van der Waals surface area contributed by atoms with Gasteiger partial charge in [-0.05, 0) is 11.6 Å². The molecule has 1 aromatic rings. The Balaban J connectivity index is 3.02. The number of hydrogen-bond acceptors (Lipinski definition) is 4. The molecule has 0 radical (unpaired) electrons. The molecule has 1 rings (SSSR count). The second-order valence-electron chi connectivity index (χ2n) is 3.64. The summed E-state index contributed by atoms with van der Waals surface area (Å²) in [4.78, 5) is 21.6. The highest BCUT2D eigenvalue weighted by Gasteiger charge is 2.16. The fourth-order valence-electron chi connectivity index (χ4n) is 1.40. The summed E-state index contributed by atoms with van der Waals surface area (Å²) in [5.41, 5.74) is 6.09. The van der Waals surface area contributed by atoms with Gasteiger partial charge in [0.25, 0.3) is 0 Å². The lowest BCUT2D eigenvalue weighted by Crippen LogP contribution is -2.32. The molecule has 0 bridgehead atoms. The molecule has 0 aromatic heterocycles. The zero-order valence-electron chi connectivity index (χ0n) is 9.30. The number of anilines is 1. The van der Waals surface area contributed by atoms with Crippen LogP contribution >= 0.6 is 0 Å². The number of hydrogen-bond donors (Lipinski definition) is 4. The fraction of sp³-hybridized carbons (Fsp3) is 0.273. The molecular weight excluding hydrogens is 224 g/mol. The van der Waals surface area contributed by atoms with Crippen LogP contribution in [0.3, 0.4) is 0 Å². The van der Waals surface area contributed by atoms with Gasteiger partial charge in [-0.2, -0.15) is 0 Å². The van der Waals surface area contributed by atoms with Gasteiger partial charge in [-0.25, -0.2) is 0 Å². The molecule has 92 valence electrons. The van der Waals surface area contributed by atoms with Crippen LogP contribution in [0.15, 0.2) is 18.2 Å². The lowest BCUT2D eigenvalue weighted by molar-refractivity contribution is -0.138. The number of aliphatic carboxylic acids is 1. The first kappa shape index (κ1) is 13.0. The summed E-state index contributed by atoms with van der Waals surface area (Å²) in [6.45, 7) is 1.30. The third-order valence-electron chi connectivity index (χ3n) is 2.19. The molecular formula is C11H14N2O4. The van der Waals surface area contributed by atoms with Crippen LogP contribution in [0.25, 0.3) is 0 Å². The Morgan fingerprint density at radius 1 is 1.47 bits per heavy atom. The van der Waals surface area contributed by atoms with E-state index in [0.29, 0.717) is 5.56 Å². The Kier molecular flexibility index (Phi) is 4.06. The Morgan fingerprint density at radius 3 is 2.65 bits per heavy atom. The van der Waals surface area contributed by atoms with E-state index in [1.807, 2.05) is 0 Å². The number of amides is 1. The average Bonchev–Trinajstić information content (AvgIpc) is 2.22. The van der Waals surface area contributed by atoms with Crippen molar-refractivity contribution in [1.29, 1.82) is 0 Å². The number of nitrogens with two attached hydrogens (primary N) is 1. The maximum atomic E-state index is 11.0. The Morgan fingerprint density at radius 2 is 2.12 bits per heavy atom. The molecule has 0 aliphatic rings. The van der Waals surface area contributed by atoms with Gasteiger partial charge < -0.3 is 21.3 Å². The average molecular weight is 238 g/mol. The van der Waals surface area contributed by atoms with Crippen LogP contribution < -0.4 is 11.1 Å². The van der Waals surface area contributed by atoms with Crippen molar-refractivity contribution in [1.82, 2.24) is 0 Å². The molecule has 1 unspecified atom stereocenters. The van der Waals surface area contributed by atoms with Crippen LogP contribution in [-0.4, -0.2) is 28.1 Å². The highest BCUT2D eigenvalue weighted by atomic mass is 16.4. The normalized spacial score (nSPS) is 11.9. The van der Waals surface area contributed by atoms with Gasteiger partial charge in [-0.15, -0.1) is 0 Å². The summed E-state index contributed by atoms with van der Waals surface area (Å²) in [5, 5.41) is 20.7. The molecule has 0 saturated heterocycles. The van der Waals surface area contributed by atoms with E-state index in [1.54, 1.807) is 12.1 Å². The van der Waals surface area contributed by atoms with E-state index in [0.717, 1.165) is 0 Å². The van der Waals surface area contributed by atoms with Crippen LogP contribution in [0, 0.1) is 0 Å². The minimum atomic E-state index is -1.14. The van der Waals surface area contributed by atoms with Crippen molar-refractivity contribution < 1.29 is 19.8 Å². The third-order valence-corrected chi connectivity index (χ3v) is 2.19. The van der Waals surface area contributed by atoms with Crippen molar-refractivity contribution in [2.75, 3.05) is 5.32 Å². The first-order valence-corrected chi connectivity index (χ1v) is 4.98. The Bertz CT molecular complexity index is 445. The van der Waals surface area contributed by atoms with E-state index < -0.39 is 12.0 Å². The van der Waals surface area contributed by atoms with Gasteiger partial charge in [-0.1, -0.05) is 12.1 Å². The third kappa shape index (κ3) is 3.46. The maximum Gasteiger partial charge on any atom is 0.320 e. The molecule has 1 aromatic carbocycles. The smallest absolute Gasteiger partial charge is 0.320 e. The molecule has 0 heterocycles. The summed E-state index contributed by atoms with van der Waals surface area (Å²) >= 11 is 0. The first-order valence-electron chi connectivity index (χ1n) is 4.98. The van der Waals surface area contributed by atoms with Crippen molar-refractivity contribution in [3.63, 3.8) is 0 Å². The van der Waals surface area contributed by atoms with Gasteiger partial charge in [0, 0.05) is 13.3 Å². The molecule has 0 fully saturated rings. The van der Waals surface area contributed by atoms with E-state index in [9.17, 15) is 14.7 Å². The van der Waals surface area contributed by atoms with E-state index >= 15 is 0 Å². The lowest BCUT2D eigenvalue weighted by atomic mass is 10.0. The predicted octanol–water partition coefficient (Wildman–Crippen LogP) is 0.305. The van der Waals surface area contributed by atoms with Gasteiger partial charge >= 0.3 is 5.97 Å². The highest BCUT2D eigenvalue weighted by Crippen LogP contribution is 2.27. The van der Waals surface area contributed by atoms with Crippen LogP contribution in [0.2, 0.25) is 0 Å². The summed E-state index contributed by atoms with van der Waals surface area (Å²) in [6.07, 6.45) is 0.0271. The molecule has 0 spiro atoms. The SMILES string of the molecule is CC(=O)Nc1c(O)cccc1CC(N)C(=O)O. The first-order chi connectivity index (χ1) is 7.91. The molecule has 0 aliphatic carbocycles. The van der Waals surface area contributed by atoms with Crippen LogP contribution in [0.5, 0.6) is 5.75 Å². The summed E-state index contributed by atoms with van der Waals surface area (Å²) < 4.78 is 0. The second kappa shape index (κ2) is 5.31. The van der Waals surface area contributed by atoms with Gasteiger partial charge in [0.05, 0.1) is 5.69 Å². The largest absolute Gasteiger partial charge is 0.506 e. The minimum Gasteiger partial charge on any atom is -0.506 e. The quantitative estimate of drug-likeness (QED) is 0.564. The number of phenolic OH excluding ortho intramolecular Hbond substituents is 1.